The third kappa shape index (κ3) is 6.32. The van der Waals surface area contributed by atoms with Gasteiger partial charge in [-0.05, 0) is 60.4 Å². The van der Waals surface area contributed by atoms with Crippen LogP contribution in [0.1, 0.15) is 31.2 Å². The Morgan fingerprint density at radius 1 is 0.973 bits per heavy atom. The summed E-state index contributed by atoms with van der Waals surface area (Å²) in [7, 11) is 0. The Bertz CT molecular complexity index is 1490. The fourth-order valence-electron chi connectivity index (χ4n) is 3.80. The maximum atomic E-state index is 15.0. The van der Waals surface area contributed by atoms with Crippen LogP contribution in [0.15, 0.2) is 58.1 Å². The number of alkyl halides is 3. The summed E-state index contributed by atoms with van der Waals surface area (Å²) in [5.74, 6) is -0.463. The number of pyridine rings is 1. The minimum absolute atomic E-state index is 0.00724. The minimum atomic E-state index is -4.18. The SMILES string of the molecule is Cc1ccc(-c2cc(-c3ccc(OCCCCCC(F)(F)F)cc3F)[nH]c(=O)c2-n2nn[nH]c2=O)cc1. The Kier molecular flexibility index (Phi) is 7.55. The molecule has 0 aliphatic heterocycles. The van der Waals surface area contributed by atoms with E-state index < -0.39 is 29.7 Å². The van der Waals surface area contributed by atoms with Crippen LogP contribution in [0.4, 0.5) is 17.6 Å². The van der Waals surface area contributed by atoms with E-state index in [1.54, 1.807) is 18.2 Å². The summed E-state index contributed by atoms with van der Waals surface area (Å²) >= 11 is 0. The van der Waals surface area contributed by atoms with Crippen molar-refractivity contribution in [1.82, 2.24) is 25.2 Å². The van der Waals surface area contributed by atoms with Crippen LogP contribution in [-0.4, -0.2) is 38.0 Å². The summed E-state index contributed by atoms with van der Waals surface area (Å²) < 4.78 is 58.0. The van der Waals surface area contributed by atoms with E-state index in [2.05, 4.69) is 20.5 Å². The van der Waals surface area contributed by atoms with Crippen molar-refractivity contribution >= 4 is 0 Å². The highest BCUT2D eigenvalue weighted by Crippen LogP contribution is 2.30. The van der Waals surface area contributed by atoms with Crippen LogP contribution < -0.4 is 16.0 Å². The second-order valence-corrected chi connectivity index (χ2v) is 8.47. The Labute approximate surface area is 207 Å². The lowest BCUT2D eigenvalue weighted by molar-refractivity contribution is -0.135. The van der Waals surface area contributed by atoms with E-state index in [1.807, 2.05) is 19.1 Å². The number of ether oxygens (including phenoxy) is 1. The summed E-state index contributed by atoms with van der Waals surface area (Å²) in [4.78, 5) is 27.8. The van der Waals surface area contributed by atoms with Gasteiger partial charge in [-0.1, -0.05) is 29.8 Å². The van der Waals surface area contributed by atoms with Gasteiger partial charge in [-0.2, -0.15) is 17.9 Å². The first-order valence-corrected chi connectivity index (χ1v) is 11.5. The van der Waals surface area contributed by atoms with E-state index >= 15 is 4.39 Å². The fraction of sp³-hybridized carbons (Fsp3) is 0.280. The Morgan fingerprint density at radius 2 is 1.73 bits per heavy atom. The minimum Gasteiger partial charge on any atom is -0.493 e. The van der Waals surface area contributed by atoms with Gasteiger partial charge in [0.1, 0.15) is 17.3 Å². The smallest absolute Gasteiger partial charge is 0.389 e. The maximum absolute atomic E-state index is 15.0. The molecule has 12 heteroatoms. The van der Waals surface area contributed by atoms with Crippen molar-refractivity contribution < 1.29 is 22.3 Å². The van der Waals surface area contributed by atoms with E-state index in [0.717, 1.165) is 16.3 Å². The topological polar surface area (TPSA) is 106 Å². The number of nitrogens with one attached hydrogen (secondary N) is 2. The maximum Gasteiger partial charge on any atom is 0.389 e. The monoisotopic (exact) mass is 517 g/mol. The normalized spacial score (nSPS) is 11.6. The summed E-state index contributed by atoms with van der Waals surface area (Å²) in [6.07, 6.45) is -4.28. The second-order valence-electron chi connectivity index (χ2n) is 8.47. The number of rotatable bonds is 9. The van der Waals surface area contributed by atoms with Crippen molar-refractivity contribution in [3.05, 3.63) is 80.7 Å². The molecular formula is C25H23F4N5O3. The summed E-state index contributed by atoms with van der Waals surface area (Å²) in [5.41, 5.74) is 0.717. The quantitative estimate of drug-likeness (QED) is 0.242. The van der Waals surface area contributed by atoms with Crippen LogP contribution >= 0.6 is 0 Å². The van der Waals surface area contributed by atoms with E-state index in [1.165, 1.54) is 12.1 Å². The van der Waals surface area contributed by atoms with Gasteiger partial charge in [-0.15, -0.1) is 0 Å². The van der Waals surface area contributed by atoms with Gasteiger partial charge in [-0.3, -0.25) is 4.79 Å². The highest BCUT2D eigenvalue weighted by Gasteiger charge is 2.25. The molecule has 0 aliphatic carbocycles. The third-order valence-corrected chi connectivity index (χ3v) is 5.66. The number of hydrogen-bond acceptors (Lipinski definition) is 5. The van der Waals surface area contributed by atoms with Crippen LogP contribution in [0.5, 0.6) is 5.75 Å². The Morgan fingerprint density at radius 3 is 2.38 bits per heavy atom. The average molecular weight is 517 g/mol. The zero-order chi connectivity index (χ0) is 26.6. The van der Waals surface area contributed by atoms with E-state index in [4.69, 9.17) is 4.74 Å². The molecule has 0 saturated heterocycles. The molecule has 194 valence electrons. The molecular weight excluding hydrogens is 494 g/mol. The molecule has 0 atom stereocenters. The highest BCUT2D eigenvalue weighted by atomic mass is 19.4. The molecule has 0 saturated carbocycles. The molecule has 8 nitrogen and oxygen atoms in total. The highest BCUT2D eigenvalue weighted by molar-refractivity contribution is 5.77. The molecule has 2 heterocycles. The van der Waals surface area contributed by atoms with Crippen LogP contribution in [0.3, 0.4) is 0 Å². The van der Waals surface area contributed by atoms with E-state index in [0.29, 0.717) is 24.0 Å². The predicted octanol–water partition coefficient (Wildman–Crippen LogP) is 4.93. The van der Waals surface area contributed by atoms with Gasteiger partial charge >= 0.3 is 11.9 Å². The Hall–Kier alpha value is -4.22. The predicted molar refractivity (Wildman–Crippen MR) is 128 cm³/mol. The second kappa shape index (κ2) is 10.8. The molecule has 0 unspecified atom stereocenters. The van der Waals surface area contributed by atoms with Crippen LogP contribution in [0, 0.1) is 12.7 Å². The number of aryl methyl sites for hydroxylation is 1. The summed E-state index contributed by atoms with van der Waals surface area (Å²) in [6.45, 7) is 2.05. The fourth-order valence-corrected chi connectivity index (χ4v) is 3.80. The van der Waals surface area contributed by atoms with Gasteiger partial charge in [0.25, 0.3) is 5.56 Å². The zero-order valence-corrected chi connectivity index (χ0v) is 19.7. The molecule has 0 bridgehead atoms. The largest absolute Gasteiger partial charge is 0.493 e. The van der Waals surface area contributed by atoms with Crippen molar-refractivity contribution in [1.29, 1.82) is 0 Å². The van der Waals surface area contributed by atoms with Gasteiger partial charge in [0.15, 0.2) is 0 Å². The summed E-state index contributed by atoms with van der Waals surface area (Å²) in [5, 5.41) is 9.26. The molecule has 0 fully saturated rings. The third-order valence-electron chi connectivity index (χ3n) is 5.66. The number of unbranched alkanes of at least 4 members (excludes halogenated alkanes) is 2. The van der Waals surface area contributed by atoms with Gasteiger partial charge in [0, 0.05) is 23.6 Å². The lowest BCUT2D eigenvalue weighted by atomic mass is 10.0. The molecule has 2 aromatic heterocycles. The lowest BCUT2D eigenvalue weighted by Gasteiger charge is -2.13. The van der Waals surface area contributed by atoms with Crippen molar-refractivity contribution in [2.24, 2.45) is 0 Å². The van der Waals surface area contributed by atoms with Crippen molar-refractivity contribution in [3.8, 4) is 33.8 Å². The molecule has 4 aromatic rings. The van der Waals surface area contributed by atoms with Gasteiger partial charge < -0.3 is 9.72 Å². The van der Waals surface area contributed by atoms with Gasteiger partial charge in [0.05, 0.1) is 12.3 Å². The molecule has 2 aromatic carbocycles. The van der Waals surface area contributed by atoms with Crippen LogP contribution in [-0.2, 0) is 0 Å². The first-order valence-electron chi connectivity index (χ1n) is 11.5. The summed E-state index contributed by atoms with van der Waals surface area (Å²) in [6, 6.07) is 12.8. The number of nitrogens with zero attached hydrogens (tertiary/aromatic N) is 3. The van der Waals surface area contributed by atoms with Crippen molar-refractivity contribution in [3.63, 3.8) is 0 Å². The zero-order valence-electron chi connectivity index (χ0n) is 19.7. The molecule has 0 amide bonds. The molecule has 4 rings (SSSR count). The van der Waals surface area contributed by atoms with Crippen LogP contribution in [0.2, 0.25) is 0 Å². The van der Waals surface area contributed by atoms with E-state index in [9.17, 15) is 22.8 Å². The molecule has 2 N–H and O–H groups in total. The van der Waals surface area contributed by atoms with Crippen LogP contribution in [0.25, 0.3) is 28.1 Å². The number of aromatic amines is 2. The number of aromatic nitrogens is 5. The van der Waals surface area contributed by atoms with Crippen molar-refractivity contribution in [2.45, 2.75) is 38.8 Å². The lowest BCUT2D eigenvalue weighted by Crippen LogP contribution is -2.25. The van der Waals surface area contributed by atoms with Gasteiger partial charge in [0.2, 0.25) is 0 Å². The van der Waals surface area contributed by atoms with E-state index in [-0.39, 0.29) is 35.7 Å². The number of halogens is 4. The standard InChI is InChI=1S/C25H23F4N5O3/c1-15-5-7-16(8-6-15)19-14-21(30-23(35)22(19)34-24(36)31-32-33-34)18-10-9-17(13-20(18)26)37-12-4-2-3-11-25(27,28)29/h5-10,13-14H,2-4,11-12H2,1H3,(H,30,35)(H,31,33,36). The number of hydrogen-bond donors (Lipinski definition) is 2. The van der Waals surface area contributed by atoms with Gasteiger partial charge in [-0.25, -0.2) is 14.3 Å². The Balaban J connectivity index is 1.60. The van der Waals surface area contributed by atoms with Crippen molar-refractivity contribution in [2.75, 3.05) is 6.61 Å². The molecule has 0 aliphatic rings. The number of tetrazole rings is 1. The molecule has 37 heavy (non-hydrogen) atoms. The molecule has 0 radical (unpaired) electrons. The first-order chi connectivity index (χ1) is 17.6. The number of H-pyrrole nitrogens is 2. The average Bonchev–Trinajstić information content (AvgIpc) is 3.26. The number of benzene rings is 2. The first kappa shape index (κ1) is 25.9. The molecule has 0 spiro atoms.